The predicted octanol–water partition coefficient (Wildman–Crippen LogP) is 3.24. The van der Waals surface area contributed by atoms with Crippen LogP contribution in [-0.4, -0.2) is 21.9 Å². The average molecular weight is 262 g/mol. The van der Waals surface area contributed by atoms with Gasteiger partial charge in [0.2, 0.25) is 5.82 Å². The second-order valence-corrected chi connectivity index (χ2v) is 4.31. The highest BCUT2D eigenvalue weighted by molar-refractivity contribution is 5.56. The summed E-state index contributed by atoms with van der Waals surface area (Å²) < 4.78 is 10.8. The predicted molar refractivity (Wildman–Crippen MR) is 70.8 cm³/mol. The third-order valence-corrected chi connectivity index (χ3v) is 2.91. The first-order chi connectivity index (χ1) is 9.15. The quantitative estimate of drug-likeness (QED) is 0.895. The van der Waals surface area contributed by atoms with Crippen molar-refractivity contribution >= 4 is 0 Å². The fourth-order valence-electron chi connectivity index (χ4n) is 1.85. The van der Waals surface area contributed by atoms with E-state index in [9.17, 15) is 5.11 Å². The molecule has 0 aliphatic carbocycles. The van der Waals surface area contributed by atoms with Crippen molar-refractivity contribution in [3.05, 3.63) is 29.6 Å². The smallest absolute Gasteiger partial charge is 0.258 e. The normalized spacial score (nSPS) is 12.6. The number of nitrogens with zero attached hydrogens (tertiary/aromatic N) is 2. The number of aryl methyl sites for hydroxylation is 1. The molecule has 19 heavy (non-hydrogen) atoms. The van der Waals surface area contributed by atoms with Gasteiger partial charge in [-0.2, -0.15) is 4.98 Å². The van der Waals surface area contributed by atoms with E-state index in [1.165, 1.54) is 0 Å². The molecule has 5 heteroatoms. The molecule has 2 aromatic rings. The average Bonchev–Trinajstić information content (AvgIpc) is 2.88. The van der Waals surface area contributed by atoms with Crippen LogP contribution in [0.4, 0.5) is 0 Å². The minimum Gasteiger partial charge on any atom is -0.508 e. The Morgan fingerprint density at radius 1 is 1.37 bits per heavy atom. The first kappa shape index (κ1) is 13.5. The number of phenolic OH excluding ortho intramolecular Hbond substituents is 1. The highest BCUT2D eigenvalue weighted by atomic mass is 16.5. The summed E-state index contributed by atoms with van der Waals surface area (Å²) in [7, 11) is 0. The first-order valence-corrected chi connectivity index (χ1v) is 6.40. The van der Waals surface area contributed by atoms with Gasteiger partial charge in [-0.3, -0.25) is 0 Å². The maximum atomic E-state index is 9.51. The molecule has 1 aromatic heterocycles. The minimum atomic E-state index is -0.138. The van der Waals surface area contributed by atoms with Crippen molar-refractivity contribution in [1.29, 1.82) is 0 Å². The fraction of sp³-hybridized carbons (Fsp3) is 0.429. The number of phenols is 1. The summed E-state index contributed by atoms with van der Waals surface area (Å²) in [5, 5.41) is 13.5. The van der Waals surface area contributed by atoms with Crippen molar-refractivity contribution in [2.75, 3.05) is 6.61 Å². The van der Waals surface area contributed by atoms with Gasteiger partial charge in [-0.15, -0.1) is 0 Å². The van der Waals surface area contributed by atoms with Gasteiger partial charge < -0.3 is 14.4 Å². The third kappa shape index (κ3) is 2.93. The molecule has 0 spiro atoms. The van der Waals surface area contributed by atoms with E-state index in [1.807, 2.05) is 26.8 Å². The zero-order chi connectivity index (χ0) is 13.8. The van der Waals surface area contributed by atoms with Gasteiger partial charge in [-0.05, 0) is 44.0 Å². The van der Waals surface area contributed by atoms with Crippen molar-refractivity contribution in [3.8, 4) is 17.2 Å². The maximum absolute atomic E-state index is 9.51. The lowest BCUT2D eigenvalue weighted by atomic mass is 10.1. The highest BCUT2D eigenvalue weighted by Crippen LogP contribution is 2.26. The summed E-state index contributed by atoms with van der Waals surface area (Å²) in [6.45, 7) is 6.39. The van der Waals surface area contributed by atoms with Crippen molar-refractivity contribution in [2.24, 2.45) is 0 Å². The molecule has 0 saturated carbocycles. The van der Waals surface area contributed by atoms with Crippen molar-refractivity contribution in [3.63, 3.8) is 0 Å². The number of aromatic nitrogens is 2. The Bertz CT molecular complexity index is 551. The Kier molecular flexibility index (Phi) is 4.16. The van der Waals surface area contributed by atoms with E-state index >= 15 is 0 Å². The molecule has 1 atom stereocenters. The number of rotatable bonds is 5. The van der Waals surface area contributed by atoms with Crippen LogP contribution in [0.25, 0.3) is 11.5 Å². The molecule has 0 bridgehead atoms. The van der Waals surface area contributed by atoms with Gasteiger partial charge in [-0.1, -0.05) is 12.1 Å². The molecule has 0 radical (unpaired) electrons. The van der Waals surface area contributed by atoms with Crippen molar-refractivity contribution in [1.82, 2.24) is 10.1 Å². The van der Waals surface area contributed by atoms with Gasteiger partial charge in [0, 0.05) is 12.2 Å². The van der Waals surface area contributed by atoms with Crippen LogP contribution < -0.4 is 0 Å². The van der Waals surface area contributed by atoms with E-state index in [0.717, 1.165) is 17.5 Å². The lowest BCUT2D eigenvalue weighted by Crippen LogP contribution is -2.04. The molecule has 1 heterocycles. The minimum absolute atomic E-state index is 0.138. The van der Waals surface area contributed by atoms with E-state index < -0.39 is 0 Å². The SMILES string of the molecule is CCOC(CC)c1noc(-c2ccc(O)c(C)c2)n1. The van der Waals surface area contributed by atoms with Crippen molar-refractivity contribution in [2.45, 2.75) is 33.3 Å². The number of hydrogen-bond donors (Lipinski definition) is 1. The molecule has 0 amide bonds. The molecule has 1 N–H and O–H groups in total. The van der Waals surface area contributed by atoms with Gasteiger partial charge >= 0.3 is 0 Å². The monoisotopic (exact) mass is 262 g/mol. The molecule has 0 aliphatic rings. The summed E-state index contributed by atoms with van der Waals surface area (Å²) in [6, 6.07) is 5.18. The summed E-state index contributed by atoms with van der Waals surface area (Å²) in [5.74, 6) is 1.26. The van der Waals surface area contributed by atoms with E-state index in [2.05, 4.69) is 10.1 Å². The van der Waals surface area contributed by atoms with E-state index in [-0.39, 0.29) is 11.9 Å². The summed E-state index contributed by atoms with van der Waals surface area (Å²) >= 11 is 0. The number of ether oxygens (including phenoxy) is 1. The van der Waals surface area contributed by atoms with Crippen LogP contribution in [0, 0.1) is 6.92 Å². The van der Waals surface area contributed by atoms with E-state index in [0.29, 0.717) is 18.3 Å². The van der Waals surface area contributed by atoms with Gasteiger partial charge in [0.15, 0.2) is 0 Å². The molecule has 102 valence electrons. The van der Waals surface area contributed by atoms with Gasteiger partial charge in [0.1, 0.15) is 11.9 Å². The topological polar surface area (TPSA) is 68.4 Å². The first-order valence-electron chi connectivity index (χ1n) is 6.40. The maximum Gasteiger partial charge on any atom is 0.258 e. The standard InChI is InChI=1S/C14H18N2O3/c1-4-12(18-5-2)13-15-14(19-16-13)10-6-7-11(17)9(3)8-10/h6-8,12,17H,4-5H2,1-3H3. The van der Waals surface area contributed by atoms with E-state index in [4.69, 9.17) is 9.26 Å². The Balaban J connectivity index is 2.27. The van der Waals surface area contributed by atoms with E-state index in [1.54, 1.807) is 12.1 Å². The van der Waals surface area contributed by atoms with Crippen LogP contribution in [0.1, 0.15) is 37.8 Å². The third-order valence-electron chi connectivity index (χ3n) is 2.91. The largest absolute Gasteiger partial charge is 0.508 e. The zero-order valence-electron chi connectivity index (χ0n) is 11.4. The Labute approximate surface area is 112 Å². The molecular weight excluding hydrogens is 244 g/mol. The van der Waals surface area contributed by atoms with Crippen LogP contribution in [0.3, 0.4) is 0 Å². The lowest BCUT2D eigenvalue weighted by molar-refractivity contribution is 0.0518. The second kappa shape index (κ2) is 5.84. The molecule has 2 rings (SSSR count). The summed E-state index contributed by atoms with van der Waals surface area (Å²) in [6.07, 6.45) is 0.655. The lowest BCUT2D eigenvalue weighted by Gasteiger charge is -2.09. The van der Waals surface area contributed by atoms with Gasteiger partial charge in [0.05, 0.1) is 0 Å². The van der Waals surface area contributed by atoms with Crippen LogP contribution >= 0.6 is 0 Å². The summed E-state index contributed by atoms with van der Waals surface area (Å²) in [5.41, 5.74) is 1.56. The number of aromatic hydroxyl groups is 1. The van der Waals surface area contributed by atoms with Crippen LogP contribution in [0.2, 0.25) is 0 Å². The number of benzene rings is 1. The number of hydrogen-bond acceptors (Lipinski definition) is 5. The van der Waals surface area contributed by atoms with Crippen LogP contribution in [0.15, 0.2) is 22.7 Å². The second-order valence-electron chi connectivity index (χ2n) is 4.31. The van der Waals surface area contributed by atoms with Crippen LogP contribution in [-0.2, 0) is 4.74 Å². The Hall–Kier alpha value is -1.88. The molecule has 0 fully saturated rings. The van der Waals surface area contributed by atoms with Crippen molar-refractivity contribution < 1.29 is 14.4 Å². The Morgan fingerprint density at radius 2 is 2.16 bits per heavy atom. The molecule has 0 saturated heterocycles. The van der Waals surface area contributed by atoms with Crippen LogP contribution in [0.5, 0.6) is 5.75 Å². The summed E-state index contributed by atoms with van der Waals surface area (Å²) in [4.78, 5) is 4.36. The fourth-order valence-corrected chi connectivity index (χ4v) is 1.85. The molecule has 1 unspecified atom stereocenters. The zero-order valence-corrected chi connectivity index (χ0v) is 11.4. The molecule has 0 aliphatic heterocycles. The molecule has 5 nitrogen and oxygen atoms in total. The van der Waals surface area contributed by atoms with Gasteiger partial charge in [-0.25, -0.2) is 0 Å². The highest BCUT2D eigenvalue weighted by Gasteiger charge is 2.17. The Morgan fingerprint density at radius 3 is 2.79 bits per heavy atom. The van der Waals surface area contributed by atoms with Gasteiger partial charge in [0.25, 0.3) is 5.89 Å². The molecular formula is C14H18N2O3. The molecule has 1 aromatic carbocycles.